The van der Waals surface area contributed by atoms with E-state index in [1.165, 1.54) is 44.6 Å². The van der Waals surface area contributed by atoms with E-state index in [2.05, 4.69) is 6.92 Å². The molecule has 0 N–H and O–H groups in total. The van der Waals surface area contributed by atoms with E-state index >= 15 is 0 Å². The largest absolute Gasteiger partial charge is 0.206 e. The fourth-order valence-corrected chi connectivity index (χ4v) is 4.49. The second kappa shape index (κ2) is 9.29. The molecular weight excluding hydrogens is 441 g/mol. The highest BCUT2D eigenvalue weighted by Crippen LogP contribution is 2.39. The molecule has 0 atom stereocenters. The van der Waals surface area contributed by atoms with Gasteiger partial charge in [0.1, 0.15) is 11.6 Å². The van der Waals surface area contributed by atoms with Gasteiger partial charge in [0.15, 0.2) is 0 Å². The molecule has 0 aromatic heterocycles. The molecule has 0 unspecified atom stereocenters. The van der Waals surface area contributed by atoms with Gasteiger partial charge in [0.2, 0.25) is 0 Å². The molecule has 1 aliphatic carbocycles. The van der Waals surface area contributed by atoms with Gasteiger partial charge in [-0.25, -0.2) is 8.78 Å². The summed E-state index contributed by atoms with van der Waals surface area (Å²) in [5.74, 6) is 0.785. The van der Waals surface area contributed by atoms with Crippen molar-refractivity contribution in [1.82, 2.24) is 0 Å². The lowest BCUT2D eigenvalue weighted by molar-refractivity contribution is 0.302. The summed E-state index contributed by atoms with van der Waals surface area (Å²) in [5.41, 5.74) is 2.19. The Morgan fingerprint density at radius 1 is 0.923 bits per heavy atom. The van der Waals surface area contributed by atoms with Crippen molar-refractivity contribution in [2.45, 2.75) is 64.2 Å². The van der Waals surface area contributed by atoms with Gasteiger partial charge in [-0.15, -0.1) is 0 Å². The minimum atomic E-state index is -0.298. The average molecular weight is 468 g/mol. The Balaban J connectivity index is 1.66. The Hall–Kier alpha value is -0.970. The van der Waals surface area contributed by atoms with Crippen LogP contribution in [0.1, 0.15) is 69.8 Å². The number of rotatable bonds is 6. The highest BCUT2D eigenvalue weighted by atomic mass is 127. The van der Waals surface area contributed by atoms with Gasteiger partial charge in [-0.3, -0.25) is 0 Å². The van der Waals surface area contributed by atoms with Gasteiger partial charge >= 0.3 is 0 Å². The van der Waals surface area contributed by atoms with Gasteiger partial charge in [0, 0.05) is 9.13 Å². The first-order valence-electron chi connectivity index (χ1n) is 9.83. The maximum atomic E-state index is 14.7. The van der Waals surface area contributed by atoms with Crippen LogP contribution >= 0.6 is 22.6 Å². The number of benzene rings is 2. The van der Waals surface area contributed by atoms with Gasteiger partial charge in [-0.2, -0.15) is 0 Å². The van der Waals surface area contributed by atoms with Crippen molar-refractivity contribution in [2.24, 2.45) is 5.92 Å². The molecule has 3 rings (SSSR count). The summed E-state index contributed by atoms with van der Waals surface area (Å²) < 4.78 is 29.0. The molecular formula is C23H27F2I. The van der Waals surface area contributed by atoms with Gasteiger partial charge in [0.25, 0.3) is 0 Å². The lowest BCUT2D eigenvalue weighted by Crippen LogP contribution is -2.13. The van der Waals surface area contributed by atoms with Gasteiger partial charge in [-0.05, 0) is 89.4 Å². The Morgan fingerprint density at radius 3 is 2.35 bits per heavy atom. The van der Waals surface area contributed by atoms with Gasteiger partial charge in [0.05, 0.1) is 0 Å². The molecule has 0 radical (unpaired) electrons. The average Bonchev–Trinajstić information content (AvgIpc) is 2.65. The maximum absolute atomic E-state index is 14.7. The van der Waals surface area contributed by atoms with E-state index in [-0.39, 0.29) is 11.6 Å². The van der Waals surface area contributed by atoms with Crippen LogP contribution in [0.3, 0.4) is 0 Å². The van der Waals surface area contributed by atoms with Crippen molar-refractivity contribution in [3.05, 3.63) is 57.2 Å². The molecule has 0 amide bonds. The first-order chi connectivity index (χ1) is 12.6. The zero-order valence-electron chi connectivity index (χ0n) is 15.4. The van der Waals surface area contributed by atoms with Crippen LogP contribution in [-0.2, 0) is 0 Å². The van der Waals surface area contributed by atoms with Crippen molar-refractivity contribution < 1.29 is 8.78 Å². The molecule has 1 fully saturated rings. The van der Waals surface area contributed by atoms with E-state index in [0.717, 1.165) is 24.3 Å². The normalized spacial score (nSPS) is 20.3. The molecule has 0 nitrogen and oxygen atoms in total. The number of unbranched alkanes of at least 4 members (excludes halogenated alkanes) is 2. The SMILES string of the molecule is CCCCCC1CCC(c2ccc(-c3ccc(I)c(F)c3)c(F)c2)CC1. The van der Waals surface area contributed by atoms with Gasteiger partial charge in [-0.1, -0.05) is 50.8 Å². The summed E-state index contributed by atoms with van der Waals surface area (Å²) in [5, 5.41) is 0. The van der Waals surface area contributed by atoms with E-state index in [4.69, 9.17) is 0 Å². The molecule has 1 saturated carbocycles. The van der Waals surface area contributed by atoms with Crippen molar-refractivity contribution in [3.63, 3.8) is 0 Å². The molecule has 0 saturated heterocycles. The first-order valence-corrected chi connectivity index (χ1v) is 10.9. The van der Waals surface area contributed by atoms with Crippen LogP contribution in [0.25, 0.3) is 11.1 Å². The Morgan fingerprint density at radius 2 is 1.69 bits per heavy atom. The fourth-order valence-electron chi connectivity index (χ4n) is 4.15. The molecule has 0 bridgehead atoms. The molecule has 0 heterocycles. The van der Waals surface area contributed by atoms with E-state index in [1.54, 1.807) is 18.2 Å². The minimum absolute atomic E-state index is 0.242. The molecule has 1 aliphatic rings. The standard InChI is InChI=1S/C23H27F2I/c1-2-3-4-5-16-6-8-17(9-7-16)18-10-12-20(21(24)14-18)19-11-13-23(26)22(25)15-19/h10-17H,2-9H2,1H3. The van der Waals surface area contributed by atoms with Crippen molar-refractivity contribution in [2.75, 3.05) is 0 Å². The van der Waals surface area contributed by atoms with E-state index < -0.39 is 0 Å². The molecule has 2 aromatic carbocycles. The predicted octanol–water partition coefficient (Wildman–Crippen LogP) is 8.09. The van der Waals surface area contributed by atoms with Crippen LogP contribution in [0.15, 0.2) is 36.4 Å². The van der Waals surface area contributed by atoms with E-state index in [9.17, 15) is 8.78 Å². The lowest BCUT2D eigenvalue weighted by Gasteiger charge is -2.29. The number of hydrogen-bond acceptors (Lipinski definition) is 0. The molecule has 140 valence electrons. The molecule has 0 aliphatic heterocycles. The van der Waals surface area contributed by atoms with Crippen LogP contribution < -0.4 is 0 Å². The Kier molecular flexibility index (Phi) is 7.07. The summed E-state index contributed by atoms with van der Waals surface area (Å²) in [6, 6.07) is 10.4. The van der Waals surface area contributed by atoms with Crippen LogP contribution in [0, 0.1) is 21.1 Å². The third-order valence-electron chi connectivity index (χ3n) is 5.76. The number of hydrogen-bond donors (Lipinski definition) is 0. The van der Waals surface area contributed by atoms with Crippen molar-refractivity contribution in [3.8, 4) is 11.1 Å². The van der Waals surface area contributed by atoms with Crippen LogP contribution in [-0.4, -0.2) is 0 Å². The predicted molar refractivity (Wildman–Crippen MR) is 113 cm³/mol. The quantitative estimate of drug-likeness (QED) is 0.297. The third kappa shape index (κ3) is 4.85. The van der Waals surface area contributed by atoms with Crippen LogP contribution in [0.5, 0.6) is 0 Å². The van der Waals surface area contributed by atoms with E-state index in [0.29, 0.717) is 20.6 Å². The molecule has 3 heteroatoms. The molecule has 2 aromatic rings. The lowest BCUT2D eigenvalue weighted by atomic mass is 9.77. The van der Waals surface area contributed by atoms with Crippen molar-refractivity contribution in [1.29, 1.82) is 0 Å². The Labute approximate surface area is 169 Å². The van der Waals surface area contributed by atoms with E-state index in [1.807, 2.05) is 34.7 Å². The second-order valence-electron chi connectivity index (χ2n) is 7.58. The smallest absolute Gasteiger partial charge is 0.137 e. The maximum Gasteiger partial charge on any atom is 0.137 e. The van der Waals surface area contributed by atoms with Crippen LogP contribution in [0.4, 0.5) is 8.78 Å². The molecule has 0 spiro atoms. The summed E-state index contributed by atoms with van der Waals surface area (Å²) in [6.07, 6.45) is 10.2. The monoisotopic (exact) mass is 468 g/mol. The second-order valence-corrected chi connectivity index (χ2v) is 8.74. The third-order valence-corrected chi connectivity index (χ3v) is 6.63. The number of halogens is 3. The summed E-state index contributed by atoms with van der Waals surface area (Å²) in [6.45, 7) is 2.25. The topological polar surface area (TPSA) is 0 Å². The minimum Gasteiger partial charge on any atom is -0.206 e. The summed E-state index contributed by atoms with van der Waals surface area (Å²) >= 11 is 1.95. The summed E-state index contributed by atoms with van der Waals surface area (Å²) in [7, 11) is 0. The Bertz CT molecular complexity index is 733. The highest BCUT2D eigenvalue weighted by molar-refractivity contribution is 14.1. The van der Waals surface area contributed by atoms with Gasteiger partial charge < -0.3 is 0 Å². The highest BCUT2D eigenvalue weighted by Gasteiger charge is 2.23. The zero-order valence-corrected chi connectivity index (χ0v) is 17.6. The fraction of sp³-hybridized carbons (Fsp3) is 0.478. The zero-order chi connectivity index (χ0) is 18.5. The van der Waals surface area contributed by atoms with Crippen molar-refractivity contribution >= 4 is 22.6 Å². The molecule has 26 heavy (non-hydrogen) atoms. The summed E-state index contributed by atoms with van der Waals surface area (Å²) in [4.78, 5) is 0. The van der Waals surface area contributed by atoms with Crippen LogP contribution in [0.2, 0.25) is 0 Å². The first kappa shape index (κ1) is 19.8.